The van der Waals surface area contributed by atoms with Gasteiger partial charge in [0.25, 0.3) is 0 Å². The Hall–Kier alpha value is -0.0400. The maximum atomic E-state index is 2.43. The van der Waals surface area contributed by atoms with Crippen LogP contribution in [0.1, 0.15) is 53.4 Å². The van der Waals surface area contributed by atoms with Crippen molar-refractivity contribution in [3.05, 3.63) is 0 Å². The van der Waals surface area contributed by atoms with Gasteiger partial charge in [-0.3, -0.25) is 0 Å². The van der Waals surface area contributed by atoms with Crippen LogP contribution in [0.3, 0.4) is 0 Å². The molecule has 102 valence electrons. The number of quaternary nitrogens is 1. The fraction of sp³-hybridized carbons (Fsp3) is 1.00. The highest BCUT2D eigenvalue weighted by Crippen LogP contribution is 2.36. The van der Waals surface area contributed by atoms with E-state index in [1.165, 1.54) is 43.3 Å². The minimum absolute atomic E-state index is 0.914. The zero-order valence-corrected chi connectivity index (χ0v) is 13.0. The van der Waals surface area contributed by atoms with Crippen LogP contribution < -0.4 is 0 Å². The van der Waals surface area contributed by atoms with Gasteiger partial charge in [-0.1, -0.05) is 40.5 Å². The van der Waals surface area contributed by atoms with E-state index in [9.17, 15) is 0 Å². The third-order valence-electron chi connectivity index (χ3n) is 4.93. The Kier molecular flexibility index (Phi) is 5.50. The predicted molar refractivity (Wildman–Crippen MR) is 77.0 cm³/mol. The van der Waals surface area contributed by atoms with Gasteiger partial charge in [-0.2, -0.15) is 0 Å². The Morgan fingerprint density at radius 3 is 1.53 bits per heavy atom. The molecule has 4 atom stereocenters. The summed E-state index contributed by atoms with van der Waals surface area (Å²) in [7, 11) is 4.83. The van der Waals surface area contributed by atoms with Gasteiger partial charge in [0.1, 0.15) is 0 Å². The molecule has 0 bridgehead atoms. The van der Waals surface area contributed by atoms with E-state index < -0.39 is 0 Å². The fourth-order valence-electron chi connectivity index (χ4n) is 3.54. The molecule has 4 unspecified atom stereocenters. The monoisotopic (exact) mass is 240 g/mol. The summed E-state index contributed by atoms with van der Waals surface area (Å²) in [6, 6.07) is 0. The van der Waals surface area contributed by atoms with Crippen molar-refractivity contribution in [2.45, 2.75) is 53.4 Å². The minimum atomic E-state index is 0.914. The van der Waals surface area contributed by atoms with Gasteiger partial charge in [-0.05, 0) is 24.7 Å². The minimum Gasteiger partial charge on any atom is -0.328 e. The Morgan fingerprint density at radius 1 is 0.882 bits per heavy atom. The molecule has 1 aliphatic heterocycles. The second-order valence-electron chi connectivity index (χ2n) is 7.32. The Labute approximate surface area is 109 Å². The lowest BCUT2D eigenvalue weighted by molar-refractivity contribution is -0.880. The van der Waals surface area contributed by atoms with Gasteiger partial charge < -0.3 is 4.48 Å². The molecule has 0 amide bonds. The van der Waals surface area contributed by atoms with Crippen molar-refractivity contribution in [3.8, 4) is 0 Å². The Bertz CT molecular complexity index is 200. The van der Waals surface area contributed by atoms with Crippen molar-refractivity contribution in [3.63, 3.8) is 0 Å². The maximum Gasteiger partial charge on any atom is 0.0816 e. The first kappa shape index (κ1) is 15.0. The third-order valence-corrected chi connectivity index (χ3v) is 4.93. The van der Waals surface area contributed by atoms with E-state index in [0.29, 0.717) is 0 Å². The highest BCUT2D eigenvalue weighted by molar-refractivity contribution is 4.78. The average Bonchev–Trinajstić information content (AvgIpc) is 2.52. The summed E-state index contributed by atoms with van der Waals surface area (Å²) < 4.78 is 1.25. The fourth-order valence-corrected chi connectivity index (χ4v) is 3.54. The van der Waals surface area contributed by atoms with Gasteiger partial charge in [0, 0.05) is 11.8 Å². The molecule has 0 aromatic heterocycles. The van der Waals surface area contributed by atoms with Crippen molar-refractivity contribution in [2.75, 3.05) is 27.2 Å². The van der Waals surface area contributed by atoms with Crippen LogP contribution >= 0.6 is 0 Å². The van der Waals surface area contributed by atoms with E-state index in [1.54, 1.807) is 0 Å². The first-order valence-electron chi connectivity index (χ1n) is 7.70. The molecule has 1 heterocycles. The lowest BCUT2D eigenvalue weighted by Gasteiger charge is -2.24. The molecule has 1 fully saturated rings. The zero-order chi connectivity index (χ0) is 13.1. The van der Waals surface area contributed by atoms with E-state index >= 15 is 0 Å². The number of nitrogens with zero attached hydrogens (tertiary/aromatic N) is 1. The Balaban J connectivity index is 2.58. The molecule has 1 saturated heterocycles. The summed E-state index contributed by atoms with van der Waals surface area (Å²) in [5.74, 6) is 3.79. The zero-order valence-electron chi connectivity index (χ0n) is 13.0. The lowest BCUT2D eigenvalue weighted by atomic mass is 9.81. The van der Waals surface area contributed by atoms with Crippen molar-refractivity contribution < 1.29 is 4.48 Å². The van der Waals surface area contributed by atoms with Crippen molar-refractivity contribution >= 4 is 0 Å². The van der Waals surface area contributed by atoms with Crippen molar-refractivity contribution in [2.24, 2.45) is 23.7 Å². The summed E-state index contributed by atoms with van der Waals surface area (Å²) in [6.07, 6.45) is 5.61. The molecule has 0 N–H and O–H groups in total. The molecule has 0 saturated carbocycles. The first-order valence-corrected chi connectivity index (χ1v) is 7.70. The second kappa shape index (κ2) is 6.22. The second-order valence-corrected chi connectivity index (χ2v) is 7.32. The lowest BCUT2D eigenvalue weighted by Crippen LogP contribution is -2.37. The van der Waals surface area contributed by atoms with Crippen LogP contribution in [-0.4, -0.2) is 31.7 Å². The van der Waals surface area contributed by atoms with Crippen LogP contribution in [0, 0.1) is 23.7 Å². The topological polar surface area (TPSA) is 0 Å². The molecule has 1 nitrogen and oxygen atoms in total. The number of rotatable bonds is 6. The molecule has 17 heavy (non-hydrogen) atoms. The molecule has 0 radical (unpaired) electrons. The molecule has 0 aromatic rings. The van der Waals surface area contributed by atoms with Gasteiger partial charge in [-0.25, -0.2) is 0 Å². The van der Waals surface area contributed by atoms with Crippen LogP contribution in [0.4, 0.5) is 0 Å². The highest BCUT2D eigenvalue weighted by atomic mass is 15.3. The van der Waals surface area contributed by atoms with Gasteiger partial charge in [-0.15, -0.1) is 0 Å². The third kappa shape index (κ3) is 4.62. The molecule has 1 heteroatoms. The first-order chi connectivity index (χ1) is 7.88. The van der Waals surface area contributed by atoms with Crippen LogP contribution in [0.5, 0.6) is 0 Å². The molecule has 0 spiro atoms. The van der Waals surface area contributed by atoms with E-state index in [2.05, 4.69) is 41.8 Å². The van der Waals surface area contributed by atoms with Gasteiger partial charge in [0.05, 0.1) is 27.2 Å². The molecular formula is C16H34N+. The molecular weight excluding hydrogens is 206 g/mol. The number of hydrogen-bond donors (Lipinski definition) is 0. The maximum absolute atomic E-state index is 2.43. The van der Waals surface area contributed by atoms with Gasteiger partial charge >= 0.3 is 0 Å². The van der Waals surface area contributed by atoms with Gasteiger partial charge in [0.2, 0.25) is 0 Å². The van der Waals surface area contributed by atoms with Gasteiger partial charge in [0.15, 0.2) is 0 Å². The molecule has 1 aliphatic rings. The van der Waals surface area contributed by atoms with Crippen molar-refractivity contribution in [1.82, 2.24) is 0 Å². The van der Waals surface area contributed by atoms with E-state index in [0.717, 1.165) is 23.7 Å². The van der Waals surface area contributed by atoms with Crippen LogP contribution in [0.2, 0.25) is 0 Å². The quantitative estimate of drug-likeness (QED) is 0.611. The smallest absolute Gasteiger partial charge is 0.0816 e. The summed E-state index contributed by atoms with van der Waals surface area (Å²) in [5, 5.41) is 0. The number of likely N-dealkylation sites (tertiary alicyclic amines) is 1. The van der Waals surface area contributed by atoms with Crippen LogP contribution in [0.15, 0.2) is 0 Å². The van der Waals surface area contributed by atoms with E-state index in [4.69, 9.17) is 0 Å². The number of hydrogen-bond acceptors (Lipinski definition) is 0. The molecule has 0 aliphatic carbocycles. The molecule has 0 aromatic carbocycles. The van der Waals surface area contributed by atoms with Crippen molar-refractivity contribution in [1.29, 1.82) is 0 Å². The molecule has 1 rings (SSSR count). The summed E-state index contributed by atoms with van der Waals surface area (Å²) in [5.41, 5.74) is 0. The average molecular weight is 240 g/mol. The SMILES string of the molecule is CCC(C)CC1C[N+](C)(C)CC1CC(C)CC. The Morgan fingerprint density at radius 2 is 1.24 bits per heavy atom. The standard InChI is InChI=1S/C16H34N/c1-7-13(3)9-15-11-17(5,6)12-16(15)10-14(4)8-2/h13-16H,7-12H2,1-6H3/q+1. The largest absolute Gasteiger partial charge is 0.328 e. The van der Waals surface area contributed by atoms with E-state index in [-0.39, 0.29) is 0 Å². The summed E-state index contributed by atoms with van der Waals surface area (Å²) >= 11 is 0. The van der Waals surface area contributed by atoms with E-state index in [1.807, 2.05) is 0 Å². The normalized spacial score (nSPS) is 31.4. The summed E-state index contributed by atoms with van der Waals surface area (Å²) in [4.78, 5) is 0. The van der Waals surface area contributed by atoms with Crippen LogP contribution in [-0.2, 0) is 0 Å². The highest BCUT2D eigenvalue weighted by Gasteiger charge is 2.40. The summed E-state index contributed by atoms with van der Waals surface area (Å²) in [6.45, 7) is 12.3. The predicted octanol–water partition coefficient (Wildman–Crippen LogP) is 4.18. The van der Waals surface area contributed by atoms with Crippen LogP contribution in [0.25, 0.3) is 0 Å².